The molecular formula is C17H14N2O2. The van der Waals surface area contributed by atoms with Crippen LogP contribution >= 0.6 is 0 Å². The van der Waals surface area contributed by atoms with Crippen LogP contribution in [0.3, 0.4) is 0 Å². The van der Waals surface area contributed by atoms with Crippen molar-refractivity contribution in [1.82, 2.24) is 10.3 Å². The molecule has 1 heterocycles. The molecule has 0 spiro atoms. The molecule has 21 heavy (non-hydrogen) atoms. The molecule has 4 nitrogen and oxygen atoms in total. The molecule has 0 saturated heterocycles. The Morgan fingerprint density at radius 3 is 2.00 bits per heavy atom. The summed E-state index contributed by atoms with van der Waals surface area (Å²) in [6.07, 6.45) is 2.65. The van der Waals surface area contributed by atoms with Gasteiger partial charge in [0.1, 0.15) is 0 Å². The first kappa shape index (κ1) is 13.1. The van der Waals surface area contributed by atoms with Crippen LogP contribution in [0.25, 0.3) is 0 Å². The Morgan fingerprint density at radius 1 is 0.952 bits per heavy atom. The first-order valence-corrected chi connectivity index (χ1v) is 6.64. The molecule has 1 amide bonds. The number of hydrogen-bond acceptors (Lipinski definition) is 3. The molecule has 3 aromatic rings. The summed E-state index contributed by atoms with van der Waals surface area (Å²) in [7, 11) is 0. The zero-order chi connectivity index (χ0) is 14.5. The fraction of sp³-hybridized carbons (Fsp3) is 0.0588. The van der Waals surface area contributed by atoms with Crippen molar-refractivity contribution >= 4 is 5.91 Å². The van der Waals surface area contributed by atoms with E-state index in [0.717, 1.165) is 11.1 Å². The first-order valence-electron chi connectivity index (χ1n) is 6.64. The van der Waals surface area contributed by atoms with Gasteiger partial charge < -0.3 is 9.73 Å². The van der Waals surface area contributed by atoms with Gasteiger partial charge in [-0.05, 0) is 11.1 Å². The van der Waals surface area contributed by atoms with Crippen LogP contribution < -0.4 is 5.32 Å². The van der Waals surface area contributed by atoms with Crippen LogP contribution in [0.5, 0.6) is 0 Å². The van der Waals surface area contributed by atoms with Crippen LogP contribution in [0.2, 0.25) is 0 Å². The smallest absolute Gasteiger partial charge is 0.289 e. The molecule has 0 radical (unpaired) electrons. The number of benzene rings is 2. The van der Waals surface area contributed by atoms with Crippen molar-refractivity contribution in [2.24, 2.45) is 0 Å². The third-order valence-electron chi connectivity index (χ3n) is 3.20. The van der Waals surface area contributed by atoms with Crippen LogP contribution in [-0.2, 0) is 0 Å². The maximum atomic E-state index is 12.2. The van der Waals surface area contributed by atoms with E-state index in [1.165, 1.54) is 12.6 Å². The highest BCUT2D eigenvalue weighted by Gasteiger charge is 2.19. The molecule has 1 aromatic heterocycles. The van der Waals surface area contributed by atoms with E-state index < -0.39 is 0 Å². The third-order valence-corrected chi connectivity index (χ3v) is 3.20. The van der Waals surface area contributed by atoms with Gasteiger partial charge in [-0.25, -0.2) is 4.98 Å². The van der Waals surface area contributed by atoms with E-state index in [1.54, 1.807) is 0 Å². The second-order valence-corrected chi connectivity index (χ2v) is 4.59. The summed E-state index contributed by atoms with van der Waals surface area (Å²) < 4.78 is 5.04. The summed E-state index contributed by atoms with van der Waals surface area (Å²) in [5.41, 5.74) is 2.02. The summed E-state index contributed by atoms with van der Waals surface area (Å²) in [4.78, 5) is 16.0. The van der Waals surface area contributed by atoms with Gasteiger partial charge in [-0.15, -0.1) is 0 Å². The largest absolute Gasteiger partial charge is 0.438 e. The normalized spacial score (nSPS) is 10.5. The number of rotatable bonds is 4. The molecule has 0 aliphatic carbocycles. The van der Waals surface area contributed by atoms with Gasteiger partial charge in [-0.2, -0.15) is 0 Å². The Bertz CT molecular complexity index is 655. The minimum absolute atomic E-state index is 0.201. The molecule has 0 atom stereocenters. The summed E-state index contributed by atoms with van der Waals surface area (Å²) >= 11 is 0. The van der Waals surface area contributed by atoms with Crippen LogP contribution in [0.4, 0.5) is 0 Å². The minimum Gasteiger partial charge on any atom is -0.438 e. The Hall–Kier alpha value is -2.88. The van der Waals surface area contributed by atoms with Crippen molar-refractivity contribution in [1.29, 1.82) is 0 Å². The zero-order valence-electron chi connectivity index (χ0n) is 11.3. The number of carbonyl (C=O) groups is 1. The average Bonchev–Trinajstić information content (AvgIpc) is 3.09. The van der Waals surface area contributed by atoms with Crippen molar-refractivity contribution < 1.29 is 9.21 Å². The van der Waals surface area contributed by atoms with Gasteiger partial charge in [-0.3, -0.25) is 4.79 Å². The zero-order valence-corrected chi connectivity index (χ0v) is 11.3. The predicted molar refractivity (Wildman–Crippen MR) is 78.7 cm³/mol. The number of aromatic nitrogens is 1. The fourth-order valence-electron chi connectivity index (χ4n) is 2.18. The number of amides is 1. The van der Waals surface area contributed by atoms with Crippen LogP contribution in [0, 0.1) is 0 Å². The summed E-state index contributed by atoms with van der Waals surface area (Å²) in [5.74, 6) is -0.0860. The highest BCUT2D eigenvalue weighted by atomic mass is 16.3. The van der Waals surface area contributed by atoms with Gasteiger partial charge in [0.15, 0.2) is 6.39 Å². The standard InChI is InChI=1S/C17H14N2O2/c20-17(15-11-18-12-21-15)19-16(13-7-3-1-4-8-13)14-9-5-2-6-10-14/h1-12,16H,(H,19,20). The molecule has 0 saturated carbocycles. The highest BCUT2D eigenvalue weighted by molar-refractivity contribution is 5.91. The number of nitrogens with zero attached hydrogens (tertiary/aromatic N) is 1. The molecule has 0 unspecified atom stereocenters. The Labute approximate surface area is 122 Å². The number of nitrogens with one attached hydrogen (secondary N) is 1. The van der Waals surface area contributed by atoms with Gasteiger partial charge in [0.25, 0.3) is 5.91 Å². The Morgan fingerprint density at radius 2 is 1.52 bits per heavy atom. The summed E-state index contributed by atoms with van der Waals surface area (Å²) in [5, 5.41) is 2.98. The minimum atomic E-state index is -0.287. The average molecular weight is 278 g/mol. The first-order chi connectivity index (χ1) is 10.3. The summed E-state index contributed by atoms with van der Waals surface area (Å²) in [6.45, 7) is 0. The van der Waals surface area contributed by atoms with Gasteiger partial charge in [-0.1, -0.05) is 60.7 Å². The molecule has 0 aliphatic heterocycles. The predicted octanol–water partition coefficient (Wildman–Crippen LogP) is 3.19. The fourth-order valence-corrected chi connectivity index (χ4v) is 2.18. The van der Waals surface area contributed by atoms with Gasteiger partial charge in [0.05, 0.1) is 12.2 Å². The van der Waals surface area contributed by atoms with Gasteiger partial charge in [0, 0.05) is 0 Å². The van der Waals surface area contributed by atoms with E-state index >= 15 is 0 Å². The van der Waals surface area contributed by atoms with Crippen molar-refractivity contribution in [2.45, 2.75) is 6.04 Å². The lowest BCUT2D eigenvalue weighted by atomic mass is 9.98. The number of hydrogen-bond donors (Lipinski definition) is 1. The van der Waals surface area contributed by atoms with Gasteiger partial charge >= 0.3 is 0 Å². The molecule has 3 rings (SSSR count). The lowest BCUT2D eigenvalue weighted by molar-refractivity contribution is 0.0915. The van der Waals surface area contributed by atoms with E-state index in [4.69, 9.17) is 4.42 Å². The van der Waals surface area contributed by atoms with Gasteiger partial charge in [0.2, 0.25) is 5.76 Å². The molecule has 2 aromatic carbocycles. The summed E-state index contributed by atoms with van der Waals surface area (Å²) in [6, 6.07) is 19.4. The molecule has 0 fully saturated rings. The molecular weight excluding hydrogens is 264 g/mol. The quantitative estimate of drug-likeness (QED) is 0.797. The third kappa shape index (κ3) is 3.00. The second kappa shape index (κ2) is 6.05. The van der Waals surface area contributed by atoms with E-state index in [0.29, 0.717) is 0 Å². The molecule has 1 N–H and O–H groups in total. The molecule has 0 aliphatic rings. The van der Waals surface area contributed by atoms with Crippen LogP contribution in [0.1, 0.15) is 27.7 Å². The van der Waals surface area contributed by atoms with E-state index in [1.807, 2.05) is 60.7 Å². The maximum absolute atomic E-state index is 12.2. The van der Waals surface area contributed by atoms with E-state index in [-0.39, 0.29) is 17.7 Å². The van der Waals surface area contributed by atoms with Crippen LogP contribution in [0.15, 0.2) is 77.7 Å². The topological polar surface area (TPSA) is 55.1 Å². The second-order valence-electron chi connectivity index (χ2n) is 4.59. The van der Waals surface area contributed by atoms with Crippen molar-refractivity contribution in [3.8, 4) is 0 Å². The van der Waals surface area contributed by atoms with Crippen molar-refractivity contribution in [3.63, 3.8) is 0 Å². The monoisotopic (exact) mass is 278 g/mol. The van der Waals surface area contributed by atoms with E-state index in [9.17, 15) is 4.79 Å². The SMILES string of the molecule is O=C(NC(c1ccccc1)c1ccccc1)c1cnco1. The van der Waals surface area contributed by atoms with Crippen molar-refractivity contribution in [3.05, 3.63) is 90.1 Å². The lowest BCUT2D eigenvalue weighted by Gasteiger charge is -2.19. The molecule has 104 valence electrons. The molecule has 4 heteroatoms. The number of oxazole rings is 1. The van der Waals surface area contributed by atoms with Crippen molar-refractivity contribution in [2.75, 3.05) is 0 Å². The maximum Gasteiger partial charge on any atom is 0.289 e. The number of carbonyl (C=O) groups excluding carboxylic acids is 1. The Kier molecular flexibility index (Phi) is 3.78. The van der Waals surface area contributed by atoms with E-state index in [2.05, 4.69) is 10.3 Å². The van der Waals surface area contributed by atoms with Crippen LogP contribution in [-0.4, -0.2) is 10.9 Å². The highest BCUT2D eigenvalue weighted by Crippen LogP contribution is 2.22. The Balaban J connectivity index is 1.92. The molecule has 0 bridgehead atoms. The lowest BCUT2D eigenvalue weighted by Crippen LogP contribution is -2.29.